The van der Waals surface area contributed by atoms with Gasteiger partial charge in [0.25, 0.3) is 0 Å². The zero-order chi connectivity index (χ0) is 11.8. The maximum Gasteiger partial charge on any atom is 0.136 e. The van der Waals surface area contributed by atoms with Gasteiger partial charge < -0.3 is 10.2 Å². The van der Waals surface area contributed by atoms with E-state index in [-0.39, 0.29) is 0 Å². The van der Waals surface area contributed by atoms with Crippen molar-refractivity contribution in [3.63, 3.8) is 0 Å². The van der Waals surface area contributed by atoms with Crippen molar-refractivity contribution in [2.75, 3.05) is 0 Å². The lowest BCUT2D eigenvalue weighted by Gasteiger charge is -2.04. The largest absolute Gasteiger partial charge is 0.456 e. The van der Waals surface area contributed by atoms with Gasteiger partial charge in [0.2, 0.25) is 0 Å². The highest BCUT2D eigenvalue weighted by Crippen LogP contribution is 2.25. The fourth-order valence-corrected chi connectivity index (χ4v) is 2.31. The van der Waals surface area contributed by atoms with Gasteiger partial charge in [-0.05, 0) is 29.8 Å². The second-order valence-electron chi connectivity index (χ2n) is 3.96. The minimum Gasteiger partial charge on any atom is -0.456 e. The van der Waals surface area contributed by atoms with E-state index in [4.69, 9.17) is 22.4 Å². The van der Waals surface area contributed by atoms with Crippen LogP contribution in [-0.2, 0) is 6.54 Å². The van der Waals surface area contributed by atoms with Crippen molar-refractivity contribution in [1.82, 2.24) is 0 Å². The first-order valence-corrected chi connectivity index (χ1v) is 5.85. The van der Waals surface area contributed by atoms with Crippen LogP contribution in [0, 0.1) is 4.51 Å². The molecule has 2 nitrogen and oxygen atoms in total. The van der Waals surface area contributed by atoms with Gasteiger partial charge in [-0.25, -0.2) is 0 Å². The lowest BCUT2D eigenvalue weighted by Crippen LogP contribution is -1.95. The van der Waals surface area contributed by atoms with E-state index < -0.39 is 0 Å². The molecule has 17 heavy (non-hydrogen) atoms. The fourth-order valence-electron chi connectivity index (χ4n) is 1.98. The van der Waals surface area contributed by atoms with E-state index >= 15 is 0 Å². The highest BCUT2D eigenvalue weighted by atomic mass is 32.1. The SMILES string of the molecule is NCc1ccc2oc3ccccc3c(=S)c2c1. The van der Waals surface area contributed by atoms with Crippen molar-refractivity contribution in [3.05, 3.63) is 52.5 Å². The van der Waals surface area contributed by atoms with Crippen molar-refractivity contribution in [1.29, 1.82) is 0 Å². The zero-order valence-electron chi connectivity index (χ0n) is 9.14. The number of hydrogen-bond donors (Lipinski definition) is 1. The normalized spacial score (nSPS) is 11.1. The van der Waals surface area contributed by atoms with E-state index in [0.29, 0.717) is 6.54 Å². The average molecular weight is 241 g/mol. The van der Waals surface area contributed by atoms with Crippen LogP contribution in [0.15, 0.2) is 46.9 Å². The van der Waals surface area contributed by atoms with Crippen LogP contribution < -0.4 is 5.73 Å². The molecule has 0 fully saturated rings. The Bertz CT molecular complexity index is 761. The Morgan fingerprint density at radius 3 is 2.59 bits per heavy atom. The molecule has 0 atom stereocenters. The van der Waals surface area contributed by atoms with Gasteiger partial charge in [0.05, 0.1) is 4.51 Å². The van der Waals surface area contributed by atoms with Crippen LogP contribution in [0.2, 0.25) is 0 Å². The average Bonchev–Trinajstić information content (AvgIpc) is 2.39. The Labute approximate surface area is 104 Å². The molecular weight excluding hydrogens is 230 g/mol. The first-order chi connectivity index (χ1) is 8.29. The molecule has 0 aliphatic heterocycles. The predicted molar refractivity (Wildman–Crippen MR) is 72.4 cm³/mol. The predicted octanol–water partition coefficient (Wildman–Crippen LogP) is 3.77. The van der Waals surface area contributed by atoms with Gasteiger partial charge in [-0.2, -0.15) is 0 Å². The second kappa shape index (κ2) is 3.95. The molecule has 0 saturated heterocycles. The molecular formula is C14H11NOS. The van der Waals surface area contributed by atoms with Gasteiger partial charge in [0, 0.05) is 17.3 Å². The molecule has 0 radical (unpaired) electrons. The second-order valence-corrected chi connectivity index (χ2v) is 4.37. The van der Waals surface area contributed by atoms with Gasteiger partial charge in [-0.1, -0.05) is 30.4 Å². The Morgan fingerprint density at radius 1 is 1.00 bits per heavy atom. The van der Waals surface area contributed by atoms with Gasteiger partial charge in [0.15, 0.2) is 0 Å². The zero-order valence-corrected chi connectivity index (χ0v) is 9.96. The van der Waals surface area contributed by atoms with Crippen LogP contribution in [0.3, 0.4) is 0 Å². The minimum absolute atomic E-state index is 0.511. The third-order valence-electron chi connectivity index (χ3n) is 2.88. The quantitative estimate of drug-likeness (QED) is 0.520. The van der Waals surface area contributed by atoms with Crippen LogP contribution in [0.1, 0.15) is 5.56 Å². The number of para-hydroxylation sites is 1. The van der Waals surface area contributed by atoms with E-state index in [1.54, 1.807) is 0 Å². The molecule has 0 bridgehead atoms. The molecule has 0 aliphatic carbocycles. The number of nitrogens with two attached hydrogens (primary N) is 1. The molecule has 2 aromatic carbocycles. The summed E-state index contributed by atoms with van der Waals surface area (Å²) in [6.45, 7) is 0.511. The van der Waals surface area contributed by atoms with Crippen molar-refractivity contribution in [2.24, 2.45) is 5.73 Å². The summed E-state index contributed by atoms with van der Waals surface area (Å²) in [5.74, 6) is 0. The molecule has 3 aromatic rings. The lowest BCUT2D eigenvalue weighted by atomic mass is 10.1. The summed E-state index contributed by atoms with van der Waals surface area (Å²) in [6, 6.07) is 13.7. The Kier molecular flexibility index (Phi) is 2.42. The summed E-state index contributed by atoms with van der Waals surface area (Å²) < 4.78 is 6.65. The first kappa shape index (κ1) is 10.4. The summed E-state index contributed by atoms with van der Waals surface area (Å²) >= 11 is 5.50. The molecule has 0 saturated carbocycles. The molecule has 0 aliphatic rings. The van der Waals surface area contributed by atoms with E-state index in [1.807, 2.05) is 42.5 Å². The van der Waals surface area contributed by atoms with Gasteiger partial charge in [0.1, 0.15) is 11.2 Å². The first-order valence-electron chi connectivity index (χ1n) is 5.44. The van der Waals surface area contributed by atoms with Crippen LogP contribution in [0.5, 0.6) is 0 Å². The number of benzene rings is 2. The maximum absolute atomic E-state index is 5.82. The standard InChI is InChI=1S/C14H11NOS/c15-8-9-5-6-13-11(7-9)14(17)10-3-1-2-4-12(10)16-13/h1-7H,8,15H2. The van der Waals surface area contributed by atoms with Crippen LogP contribution in [0.4, 0.5) is 0 Å². The van der Waals surface area contributed by atoms with E-state index in [9.17, 15) is 0 Å². The van der Waals surface area contributed by atoms with E-state index in [0.717, 1.165) is 32.0 Å². The molecule has 84 valence electrons. The molecule has 3 heteroatoms. The van der Waals surface area contributed by atoms with Crippen LogP contribution >= 0.6 is 12.2 Å². The molecule has 2 N–H and O–H groups in total. The fraction of sp³-hybridized carbons (Fsp3) is 0.0714. The van der Waals surface area contributed by atoms with Gasteiger partial charge in [-0.15, -0.1) is 0 Å². The van der Waals surface area contributed by atoms with Crippen LogP contribution in [0.25, 0.3) is 21.9 Å². The molecule has 3 rings (SSSR count). The summed E-state index contributed by atoms with van der Waals surface area (Å²) in [4.78, 5) is 0. The van der Waals surface area contributed by atoms with Gasteiger partial charge in [-0.3, -0.25) is 0 Å². The maximum atomic E-state index is 5.82. The number of rotatable bonds is 1. The minimum atomic E-state index is 0.511. The van der Waals surface area contributed by atoms with E-state index in [1.165, 1.54) is 0 Å². The summed E-state index contributed by atoms with van der Waals surface area (Å²) in [5.41, 5.74) is 8.34. The molecule has 1 heterocycles. The molecule has 1 aromatic heterocycles. The summed E-state index contributed by atoms with van der Waals surface area (Å²) in [5, 5.41) is 1.94. The van der Waals surface area contributed by atoms with Gasteiger partial charge >= 0.3 is 0 Å². The molecule has 0 unspecified atom stereocenters. The highest BCUT2D eigenvalue weighted by Gasteiger charge is 2.04. The third kappa shape index (κ3) is 1.64. The summed E-state index contributed by atoms with van der Waals surface area (Å²) in [7, 11) is 0. The van der Waals surface area contributed by atoms with Crippen LogP contribution in [-0.4, -0.2) is 0 Å². The van der Waals surface area contributed by atoms with Crippen molar-refractivity contribution >= 4 is 34.2 Å². The number of hydrogen-bond acceptors (Lipinski definition) is 3. The van der Waals surface area contributed by atoms with Crippen molar-refractivity contribution in [2.45, 2.75) is 6.54 Å². The highest BCUT2D eigenvalue weighted by molar-refractivity contribution is 7.72. The molecule has 0 amide bonds. The Balaban J connectivity index is 2.51. The molecule has 0 spiro atoms. The van der Waals surface area contributed by atoms with Crippen molar-refractivity contribution in [3.8, 4) is 0 Å². The Hall–Kier alpha value is -1.71. The topological polar surface area (TPSA) is 39.2 Å². The van der Waals surface area contributed by atoms with E-state index in [2.05, 4.69) is 0 Å². The monoisotopic (exact) mass is 241 g/mol. The smallest absolute Gasteiger partial charge is 0.136 e. The number of fused-ring (bicyclic) bond motifs is 2. The lowest BCUT2D eigenvalue weighted by molar-refractivity contribution is 0.660. The van der Waals surface area contributed by atoms with Crippen molar-refractivity contribution < 1.29 is 4.42 Å². The summed E-state index contributed by atoms with van der Waals surface area (Å²) in [6.07, 6.45) is 0. The third-order valence-corrected chi connectivity index (χ3v) is 3.32. The Morgan fingerprint density at radius 2 is 1.76 bits per heavy atom.